The Labute approximate surface area is 178 Å². The smallest absolute Gasteiger partial charge is 0.212 e. The zero-order valence-corrected chi connectivity index (χ0v) is 17.1. The number of nitrogens with zero attached hydrogens (tertiary/aromatic N) is 3. The van der Waals surface area contributed by atoms with Crippen LogP contribution < -0.4 is 5.43 Å². The van der Waals surface area contributed by atoms with Gasteiger partial charge in [-0.05, 0) is 24.1 Å². The molecule has 30 heavy (non-hydrogen) atoms. The number of para-hydroxylation sites is 1. The lowest BCUT2D eigenvalue weighted by atomic mass is 10.1. The molecule has 5 aromatic rings. The van der Waals surface area contributed by atoms with Gasteiger partial charge >= 0.3 is 0 Å². The van der Waals surface area contributed by atoms with Crippen molar-refractivity contribution >= 4 is 22.7 Å². The van der Waals surface area contributed by atoms with Crippen LogP contribution >= 0.6 is 11.8 Å². The second kappa shape index (κ2) is 6.78. The summed E-state index contributed by atoms with van der Waals surface area (Å²) in [6, 6.07) is 27.2. The maximum Gasteiger partial charge on any atom is 0.212 e. The van der Waals surface area contributed by atoms with E-state index in [4.69, 9.17) is 0 Å². The predicted octanol–water partition coefficient (Wildman–Crippen LogP) is 5.75. The summed E-state index contributed by atoms with van der Waals surface area (Å²) in [5.74, 6) is 0.846. The third-order valence-electron chi connectivity index (χ3n) is 5.56. The Hall–Kier alpha value is -3.51. The lowest BCUT2D eigenvalue weighted by Gasteiger charge is -2.14. The van der Waals surface area contributed by atoms with Gasteiger partial charge in [0.05, 0.1) is 5.69 Å². The van der Waals surface area contributed by atoms with Crippen molar-refractivity contribution in [3.63, 3.8) is 0 Å². The van der Waals surface area contributed by atoms with Crippen LogP contribution in [-0.4, -0.2) is 19.9 Å². The summed E-state index contributed by atoms with van der Waals surface area (Å²) >= 11 is 1.70. The summed E-state index contributed by atoms with van der Waals surface area (Å²) < 4.78 is 2.02. The molecule has 146 valence electrons. The average Bonchev–Trinajstić information content (AvgIpc) is 3.47. The summed E-state index contributed by atoms with van der Waals surface area (Å²) in [5.41, 5.74) is 10.6. The molecule has 0 radical (unpaired) electrons. The van der Waals surface area contributed by atoms with E-state index in [-0.39, 0.29) is 5.37 Å². The van der Waals surface area contributed by atoms with Gasteiger partial charge in [0.1, 0.15) is 5.37 Å². The van der Waals surface area contributed by atoms with Crippen molar-refractivity contribution in [1.29, 1.82) is 0 Å². The fraction of sp³-hybridized carbons (Fsp3) is 0.0833. The third-order valence-corrected chi connectivity index (χ3v) is 6.61. The van der Waals surface area contributed by atoms with Crippen molar-refractivity contribution in [2.45, 2.75) is 17.5 Å². The number of nitrogens with one attached hydrogen (secondary N) is 2. The van der Waals surface area contributed by atoms with Crippen LogP contribution in [0, 0.1) is 6.92 Å². The van der Waals surface area contributed by atoms with Crippen LogP contribution in [-0.2, 0) is 0 Å². The highest BCUT2D eigenvalue weighted by Crippen LogP contribution is 2.46. The minimum atomic E-state index is 0.0321. The lowest BCUT2D eigenvalue weighted by Crippen LogP contribution is -2.14. The normalized spacial score (nSPS) is 15.3. The van der Waals surface area contributed by atoms with E-state index in [9.17, 15) is 0 Å². The molecule has 6 rings (SSSR count). The van der Waals surface area contributed by atoms with Crippen LogP contribution in [0.3, 0.4) is 0 Å². The van der Waals surface area contributed by atoms with Gasteiger partial charge in [-0.2, -0.15) is 0 Å². The summed E-state index contributed by atoms with van der Waals surface area (Å²) in [5, 5.41) is 11.0. The van der Waals surface area contributed by atoms with E-state index < -0.39 is 0 Å². The van der Waals surface area contributed by atoms with Crippen LogP contribution in [0.15, 0.2) is 84.0 Å². The fourth-order valence-electron chi connectivity index (χ4n) is 4.10. The Kier molecular flexibility index (Phi) is 3.92. The largest absolute Gasteiger partial charge is 0.354 e. The molecular formula is C24H19N5S. The molecule has 0 spiro atoms. The molecule has 1 unspecified atom stereocenters. The summed E-state index contributed by atoms with van der Waals surface area (Å²) in [7, 11) is 0. The number of hydrogen-bond acceptors (Lipinski definition) is 4. The Morgan fingerprint density at radius 1 is 0.867 bits per heavy atom. The molecule has 1 aliphatic rings. The first-order valence-corrected chi connectivity index (χ1v) is 10.8. The van der Waals surface area contributed by atoms with Gasteiger partial charge in [-0.3, -0.25) is 0 Å². The standard InChI is InChI=1S/C24H19N5S/c1-15-9-5-6-12-17(15)22-26-27-24-29(22)28-23(30-24)20-18-13-7-8-14-19(18)25-21(20)16-10-3-2-4-11-16/h2-14,23,25,28H,1H3. The molecule has 6 heteroatoms. The van der Waals surface area contributed by atoms with Crippen molar-refractivity contribution in [3.8, 4) is 22.6 Å². The molecule has 0 saturated heterocycles. The van der Waals surface area contributed by atoms with Crippen molar-refractivity contribution in [2.24, 2.45) is 0 Å². The second-order valence-electron chi connectivity index (χ2n) is 7.41. The van der Waals surface area contributed by atoms with Crippen LogP contribution in [0.2, 0.25) is 0 Å². The summed E-state index contributed by atoms with van der Waals surface area (Å²) in [4.78, 5) is 3.63. The Morgan fingerprint density at radius 2 is 1.63 bits per heavy atom. The first-order chi connectivity index (χ1) is 14.8. The number of aromatic nitrogens is 4. The molecule has 3 heterocycles. The van der Waals surface area contributed by atoms with Gasteiger partial charge in [-0.1, -0.05) is 84.6 Å². The first-order valence-electron chi connectivity index (χ1n) is 9.90. The maximum absolute atomic E-state index is 4.46. The number of fused-ring (bicyclic) bond motifs is 2. The van der Waals surface area contributed by atoms with Gasteiger partial charge < -0.3 is 10.4 Å². The minimum absolute atomic E-state index is 0.0321. The van der Waals surface area contributed by atoms with Gasteiger partial charge in [0.15, 0.2) is 5.82 Å². The molecule has 1 atom stereocenters. The molecule has 1 aliphatic heterocycles. The van der Waals surface area contributed by atoms with Crippen LogP contribution in [0.5, 0.6) is 0 Å². The van der Waals surface area contributed by atoms with Crippen LogP contribution in [0.25, 0.3) is 33.5 Å². The number of thioether (sulfide) groups is 1. The summed E-state index contributed by atoms with van der Waals surface area (Å²) in [6.07, 6.45) is 0. The maximum atomic E-state index is 4.46. The highest BCUT2D eigenvalue weighted by Gasteiger charge is 2.32. The topological polar surface area (TPSA) is 58.5 Å². The number of rotatable bonds is 3. The highest BCUT2D eigenvalue weighted by atomic mass is 32.2. The molecule has 0 aliphatic carbocycles. The van der Waals surface area contributed by atoms with Crippen molar-refractivity contribution in [3.05, 3.63) is 90.0 Å². The minimum Gasteiger partial charge on any atom is -0.354 e. The van der Waals surface area contributed by atoms with E-state index in [0.29, 0.717) is 0 Å². The third kappa shape index (κ3) is 2.64. The molecule has 0 fully saturated rings. The van der Waals surface area contributed by atoms with E-state index in [2.05, 4.69) is 88.2 Å². The van der Waals surface area contributed by atoms with E-state index in [1.54, 1.807) is 11.8 Å². The molecule has 0 saturated carbocycles. The monoisotopic (exact) mass is 409 g/mol. The zero-order chi connectivity index (χ0) is 20.1. The van der Waals surface area contributed by atoms with Crippen molar-refractivity contribution in [2.75, 3.05) is 5.43 Å². The van der Waals surface area contributed by atoms with E-state index in [0.717, 1.165) is 27.8 Å². The lowest BCUT2D eigenvalue weighted by molar-refractivity contribution is 0.794. The molecule has 2 N–H and O–H groups in total. The molecule has 0 bridgehead atoms. The van der Waals surface area contributed by atoms with Gasteiger partial charge in [-0.25, -0.2) is 4.68 Å². The zero-order valence-electron chi connectivity index (χ0n) is 16.3. The van der Waals surface area contributed by atoms with Gasteiger partial charge in [0.25, 0.3) is 0 Å². The first kappa shape index (κ1) is 17.4. The van der Waals surface area contributed by atoms with Crippen molar-refractivity contribution < 1.29 is 0 Å². The number of aromatic amines is 1. The Bertz CT molecular complexity index is 1370. The number of aryl methyl sites for hydroxylation is 1. The average molecular weight is 410 g/mol. The highest BCUT2D eigenvalue weighted by molar-refractivity contribution is 7.99. The molecule has 0 amide bonds. The van der Waals surface area contributed by atoms with Gasteiger partial charge in [-0.15, -0.1) is 10.2 Å². The van der Waals surface area contributed by atoms with E-state index >= 15 is 0 Å². The second-order valence-corrected chi connectivity index (χ2v) is 8.48. The predicted molar refractivity (Wildman–Crippen MR) is 122 cm³/mol. The van der Waals surface area contributed by atoms with Crippen LogP contribution in [0.1, 0.15) is 16.5 Å². The van der Waals surface area contributed by atoms with Gasteiger partial charge in [0, 0.05) is 22.0 Å². The van der Waals surface area contributed by atoms with E-state index in [1.807, 2.05) is 22.9 Å². The molecule has 3 aromatic carbocycles. The number of hydrogen-bond donors (Lipinski definition) is 2. The van der Waals surface area contributed by atoms with Gasteiger partial charge in [0.2, 0.25) is 5.16 Å². The quantitative estimate of drug-likeness (QED) is 0.398. The summed E-state index contributed by atoms with van der Waals surface area (Å²) in [6.45, 7) is 2.10. The van der Waals surface area contributed by atoms with E-state index in [1.165, 1.54) is 22.1 Å². The van der Waals surface area contributed by atoms with Crippen LogP contribution in [0.4, 0.5) is 0 Å². The van der Waals surface area contributed by atoms with Crippen molar-refractivity contribution in [1.82, 2.24) is 19.9 Å². The SMILES string of the molecule is Cc1ccccc1-c1nnc2n1NC(c1c(-c3ccccc3)[nH]c3ccccc13)S2. The Balaban J connectivity index is 1.47. The molecule has 2 aromatic heterocycles. The number of H-pyrrole nitrogens is 1. The Morgan fingerprint density at radius 3 is 2.50 bits per heavy atom. The number of benzene rings is 3. The molecular weight excluding hydrogens is 390 g/mol. The fourth-order valence-corrected chi connectivity index (χ4v) is 5.17. The molecule has 5 nitrogen and oxygen atoms in total.